The Morgan fingerprint density at radius 2 is 1.86 bits per heavy atom. The molecule has 4 aromatic rings. The lowest BCUT2D eigenvalue weighted by atomic mass is 10.2. The molecule has 9 heteroatoms. The number of amides is 1. The van der Waals surface area contributed by atoms with Gasteiger partial charge in [0.25, 0.3) is 5.56 Å². The summed E-state index contributed by atoms with van der Waals surface area (Å²) >= 11 is 6.13. The summed E-state index contributed by atoms with van der Waals surface area (Å²) in [5.74, 6) is -0.107. The van der Waals surface area contributed by atoms with Gasteiger partial charge in [0.2, 0.25) is 5.91 Å². The number of carbonyl (C=O) groups is 1. The molecule has 1 amide bonds. The van der Waals surface area contributed by atoms with Crippen molar-refractivity contribution in [2.75, 3.05) is 44.2 Å². The van der Waals surface area contributed by atoms with E-state index < -0.39 is 6.04 Å². The molecule has 0 spiro atoms. The average Bonchev–Trinajstić information content (AvgIpc) is 3.21. The molecule has 2 aromatic heterocycles. The molecule has 0 bridgehead atoms. The molecule has 2 aromatic carbocycles. The predicted octanol–water partition coefficient (Wildman–Crippen LogP) is 3.04. The Hall–Kier alpha value is -3.36. The number of benzene rings is 2. The number of carbonyl (C=O) groups excluding carboxylic acids is 1. The predicted molar refractivity (Wildman–Crippen MR) is 140 cm³/mol. The van der Waals surface area contributed by atoms with E-state index in [1.54, 1.807) is 13.2 Å². The van der Waals surface area contributed by atoms with Crippen LogP contribution in [-0.4, -0.2) is 64.4 Å². The lowest BCUT2D eigenvalue weighted by molar-refractivity contribution is -0.123. The first-order chi connectivity index (χ1) is 16.9. The lowest BCUT2D eigenvalue weighted by Gasteiger charge is -2.36. The summed E-state index contributed by atoms with van der Waals surface area (Å²) < 4.78 is 3.15. The minimum absolute atomic E-state index is 0.107. The molecular formula is C26H29ClN6O2. The van der Waals surface area contributed by atoms with Crippen LogP contribution < -0.4 is 15.8 Å². The van der Waals surface area contributed by atoms with Gasteiger partial charge in [-0.25, -0.2) is 4.68 Å². The highest BCUT2D eigenvalue weighted by Gasteiger charge is 2.23. The number of para-hydroxylation sites is 1. The standard InChI is InChI=1S/C26H29ClN6O2/c1-18(33-23-9-4-3-8-21(23)22-17-29-30(2)26(35)24(22)33)25(34)28-10-11-31-12-14-32(15-13-31)20-7-5-6-19(27)16-20/h3-9,16-18H,10-15H2,1-2H3,(H,28,34)/t18-/m1/s1. The summed E-state index contributed by atoms with van der Waals surface area (Å²) in [5.41, 5.74) is 2.29. The van der Waals surface area contributed by atoms with Crippen LogP contribution in [0.4, 0.5) is 5.69 Å². The smallest absolute Gasteiger partial charge is 0.291 e. The monoisotopic (exact) mass is 492 g/mol. The average molecular weight is 493 g/mol. The number of nitrogens with zero attached hydrogens (tertiary/aromatic N) is 5. The third-order valence-electron chi connectivity index (χ3n) is 6.85. The maximum absolute atomic E-state index is 13.1. The van der Waals surface area contributed by atoms with E-state index in [1.165, 1.54) is 4.68 Å². The van der Waals surface area contributed by atoms with E-state index in [4.69, 9.17) is 11.6 Å². The molecule has 1 aliphatic rings. The number of hydrogen-bond acceptors (Lipinski definition) is 5. The Kier molecular flexibility index (Phi) is 6.49. The summed E-state index contributed by atoms with van der Waals surface area (Å²) in [6.45, 7) is 6.86. The van der Waals surface area contributed by atoms with Crippen molar-refractivity contribution in [1.82, 2.24) is 24.6 Å². The zero-order valence-electron chi connectivity index (χ0n) is 19.9. The molecule has 1 aliphatic heterocycles. The molecule has 1 atom stereocenters. The summed E-state index contributed by atoms with van der Waals surface area (Å²) in [6, 6.07) is 15.2. The topological polar surface area (TPSA) is 75.4 Å². The molecule has 3 heterocycles. The molecule has 1 N–H and O–H groups in total. The largest absolute Gasteiger partial charge is 0.369 e. The van der Waals surface area contributed by atoms with Crippen LogP contribution in [0.15, 0.2) is 59.5 Å². The van der Waals surface area contributed by atoms with Crippen LogP contribution in [0.1, 0.15) is 13.0 Å². The highest BCUT2D eigenvalue weighted by molar-refractivity contribution is 6.30. The number of hydrogen-bond donors (Lipinski definition) is 1. The first-order valence-electron chi connectivity index (χ1n) is 11.9. The number of nitrogens with one attached hydrogen (secondary N) is 1. The number of fused-ring (bicyclic) bond motifs is 3. The summed E-state index contributed by atoms with van der Waals surface area (Å²) in [4.78, 5) is 30.8. The molecule has 182 valence electrons. The maximum Gasteiger partial charge on any atom is 0.291 e. The highest BCUT2D eigenvalue weighted by atomic mass is 35.5. The van der Waals surface area contributed by atoms with Gasteiger partial charge in [-0.3, -0.25) is 14.5 Å². The van der Waals surface area contributed by atoms with Gasteiger partial charge in [0.1, 0.15) is 11.6 Å². The minimum Gasteiger partial charge on any atom is -0.369 e. The van der Waals surface area contributed by atoms with Crippen LogP contribution >= 0.6 is 11.6 Å². The summed E-state index contributed by atoms with van der Waals surface area (Å²) in [7, 11) is 1.63. The van der Waals surface area contributed by atoms with Crippen molar-refractivity contribution in [2.24, 2.45) is 7.05 Å². The molecule has 35 heavy (non-hydrogen) atoms. The fourth-order valence-corrected chi connectivity index (χ4v) is 5.08. The summed E-state index contributed by atoms with van der Waals surface area (Å²) in [5, 5.41) is 9.69. The van der Waals surface area contributed by atoms with Gasteiger partial charge in [-0.2, -0.15) is 5.10 Å². The fourth-order valence-electron chi connectivity index (χ4n) is 4.90. The second kappa shape index (κ2) is 9.71. The molecular weight excluding hydrogens is 464 g/mol. The highest BCUT2D eigenvalue weighted by Crippen LogP contribution is 2.29. The molecule has 1 fully saturated rings. The van der Waals surface area contributed by atoms with Gasteiger partial charge in [0, 0.05) is 67.8 Å². The van der Waals surface area contributed by atoms with Crippen molar-refractivity contribution in [3.8, 4) is 0 Å². The Bertz CT molecular complexity index is 1440. The van der Waals surface area contributed by atoms with Crippen LogP contribution in [0.25, 0.3) is 21.8 Å². The van der Waals surface area contributed by atoms with Gasteiger partial charge in [0.15, 0.2) is 0 Å². The van der Waals surface area contributed by atoms with Crippen molar-refractivity contribution < 1.29 is 4.79 Å². The zero-order valence-corrected chi connectivity index (χ0v) is 20.7. The van der Waals surface area contributed by atoms with Gasteiger partial charge >= 0.3 is 0 Å². The number of piperazine rings is 1. The van der Waals surface area contributed by atoms with E-state index in [0.717, 1.165) is 59.7 Å². The van der Waals surface area contributed by atoms with Crippen LogP contribution in [0.5, 0.6) is 0 Å². The van der Waals surface area contributed by atoms with Crippen LogP contribution in [-0.2, 0) is 11.8 Å². The Labute approximate surface area is 208 Å². The van der Waals surface area contributed by atoms with E-state index in [1.807, 2.05) is 54.0 Å². The Balaban J connectivity index is 1.24. The Morgan fingerprint density at radius 3 is 2.63 bits per heavy atom. The van der Waals surface area contributed by atoms with Gasteiger partial charge < -0.3 is 14.8 Å². The first-order valence-corrected chi connectivity index (χ1v) is 12.3. The van der Waals surface area contributed by atoms with Crippen LogP contribution in [0.3, 0.4) is 0 Å². The minimum atomic E-state index is -0.535. The number of aryl methyl sites for hydroxylation is 1. The second-order valence-electron chi connectivity index (χ2n) is 9.00. The van der Waals surface area contributed by atoms with Crippen LogP contribution in [0.2, 0.25) is 5.02 Å². The molecule has 0 aliphatic carbocycles. The normalized spacial score (nSPS) is 15.6. The molecule has 5 rings (SSSR count). The maximum atomic E-state index is 13.1. The fraction of sp³-hybridized carbons (Fsp3) is 0.346. The van der Waals surface area contributed by atoms with Gasteiger partial charge in [-0.15, -0.1) is 0 Å². The molecule has 1 saturated heterocycles. The van der Waals surface area contributed by atoms with Crippen molar-refractivity contribution in [3.63, 3.8) is 0 Å². The van der Waals surface area contributed by atoms with E-state index >= 15 is 0 Å². The van der Waals surface area contributed by atoms with Crippen LogP contribution in [0, 0.1) is 0 Å². The molecule has 0 unspecified atom stereocenters. The van der Waals surface area contributed by atoms with Crippen molar-refractivity contribution in [2.45, 2.75) is 13.0 Å². The molecule has 0 saturated carbocycles. The number of aromatic nitrogens is 3. The van der Waals surface area contributed by atoms with Crippen molar-refractivity contribution in [3.05, 3.63) is 70.1 Å². The van der Waals surface area contributed by atoms with E-state index in [0.29, 0.717) is 12.1 Å². The third-order valence-corrected chi connectivity index (χ3v) is 7.08. The van der Waals surface area contributed by atoms with Crippen molar-refractivity contribution >= 4 is 45.0 Å². The number of rotatable bonds is 6. The molecule has 8 nitrogen and oxygen atoms in total. The van der Waals surface area contributed by atoms with E-state index in [2.05, 4.69) is 26.3 Å². The Morgan fingerprint density at radius 1 is 1.09 bits per heavy atom. The number of anilines is 1. The summed E-state index contributed by atoms with van der Waals surface area (Å²) in [6.07, 6.45) is 1.70. The first kappa shape index (κ1) is 23.4. The molecule has 0 radical (unpaired) electrons. The quantitative estimate of drug-likeness (QED) is 0.448. The van der Waals surface area contributed by atoms with Gasteiger partial charge in [0.05, 0.1) is 11.7 Å². The second-order valence-corrected chi connectivity index (χ2v) is 9.43. The zero-order chi connectivity index (χ0) is 24.5. The third kappa shape index (κ3) is 4.51. The number of halogens is 1. The SMILES string of the molecule is C[C@H](C(=O)NCCN1CCN(c2cccc(Cl)c2)CC1)n1c2ccccc2c2cnn(C)c(=O)c21. The van der Waals surface area contributed by atoms with Crippen molar-refractivity contribution in [1.29, 1.82) is 0 Å². The lowest BCUT2D eigenvalue weighted by Crippen LogP contribution is -2.48. The van der Waals surface area contributed by atoms with Gasteiger partial charge in [-0.1, -0.05) is 35.9 Å². The van der Waals surface area contributed by atoms with E-state index in [9.17, 15) is 9.59 Å². The van der Waals surface area contributed by atoms with Gasteiger partial charge in [-0.05, 0) is 31.2 Å². The van der Waals surface area contributed by atoms with E-state index in [-0.39, 0.29) is 11.5 Å².